The van der Waals surface area contributed by atoms with Crippen molar-refractivity contribution in [1.29, 1.82) is 0 Å². The lowest BCUT2D eigenvalue weighted by atomic mass is 9.89. The summed E-state index contributed by atoms with van der Waals surface area (Å²) in [6, 6.07) is 0. The molecule has 1 aliphatic heterocycles. The minimum atomic E-state index is 0.652. The van der Waals surface area contributed by atoms with E-state index < -0.39 is 0 Å². The number of piperidine rings is 1. The van der Waals surface area contributed by atoms with Crippen molar-refractivity contribution in [2.24, 2.45) is 5.92 Å². The fraction of sp³-hybridized carbons (Fsp3) is 0.667. The second-order valence-corrected chi connectivity index (χ2v) is 4.37. The largest absolute Gasteiger partial charge is 0.316 e. The number of aromatic nitrogens is 1. The van der Waals surface area contributed by atoms with Crippen molar-refractivity contribution in [2.75, 3.05) is 13.1 Å². The molecule has 1 aromatic heterocycles. The van der Waals surface area contributed by atoms with Crippen molar-refractivity contribution in [3.63, 3.8) is 0 Å². The predicted molar refractivity (Wildman–Crippen MR) is 51.5 cm³/mol. The monoisotopic (exact) mass is 182 g/mol. The molecule has 3 heteroatoms. The van der Waals surface area contributed by atoms with Gasteiger partial charge in [-0.1, -0.05) is 6.92 Å². The first kappa shape index (κ1) is 8.20. The maximum atomic E-state index is 4.37. The van der Waals surface area contributed by atoms with Crippen LogP contribution >= 0.6 is 11.3 Å². The van der Waals surface area contributed by atoms with Crippen molar-refractivity contribution in [2.45, 2.75) is 19.3 Å². The van der Waals surface area contributed by atoms with Crippen molar-refractivity contribution in [1.82, 2.24) is 10.3 Å². The molecule has 12 heavy (non-hydrogen) atoms. The highest BCUT2D eigenvalue weighted by Gasteiger charge is 2.24. The molecule has 2 heterocycles. The smallest absolute Gasteiger partial charge is 0.0971 e. The summed E-state index contributed by atoms with van der Waals surface area (Å²) < 4.78 is 0. The lowest BCUT2D eigenvalue weighted by Crippen LogP contribution is -2.33. The number of hydrogen-bond acceptors (Lipinski definition) is 3. The summed E-state index contributed by atoms with van der Waals surface area (Å²) in [7, 11) is 0. The second-order valence-electron chi connectivity index (χ2n) is 3.45. The van der Waals surface area contributed by atoms with E-state index >= 15 is 0 Å². The van der Waals surface area contributed by atoms with Crippen LogP contribution in [0.15, 0.2) is 11.6 Å². The summed E-state index contributed by atoms with van der Waals surface area (Å²) in [5.41, 5.74) is 0. The van der Waals surface area contributed by atoms with Crippen LogP contribution in [0, 0.1) is 5.92 Å². The third-order valence-corrected chi connectivity index (χ3v) is 3.50. The highest BCUT2D eigenvalue weighted by atomic mass is 32.1. The molecule has 2 nitrogen and oxygen atoms in total. The molecule has 2 unspecified atom stereocenters. The zero-order valence-electron chi connectivity index (χ0n) is 7.29. The molecule has 1 aromatic rings. The van der Waals surface area contributed by atoms with Crippen molar-refractivity contribution >= 4 is 11.3 Å². The zero-order chi connectivity index (χ0) is 8.39. The average molecular weight is 182 g/mol. The molecule has 1 saturated heterocycles. The van der Waals surface area contributed by atoms with E-state index in [0.717, 1.165) is 12.5 Å². The number of nitrogens with zero attached hydrogens (tertiary/aromatic N) is 1. The molecule has 0 bridgehead atoms. The topological polar surface area (TPSA) is 24.9 Å². The van der Waals surface area contributed by atoms with Crippen LogP contribution in [0.4, 0.5) is 0 Å². The Morgan fingerprint density at radius 1 is 1.67 bits per heavy atom. The zero-order valence-corrected chi connectivity index (χ0v) is 8.10. The Morgan fingerprint density at radius 3 is 3.25 bits per heavy atom. The number of hydrogen-bond donors (Lipinski definition) is 1. The Balaban J connectivity index is 2.11. The Kier molecular flexibility index (Phi) is 2.42. The third-order valence-electron chi connectivity index (χ3n) is 2.60. The fourth-order valence-corrected chi connectivity index (χ4v) is 2.61. The van der Waals surface area contributed by atoms with E-state index in [1.54, 1.807) is 11.3 Å². The summed E-state index contributed by atoms with van der Waals surface area (Å²) in [6.45, 7) is 4.60. The van der Waals surface area contributed by atoms with Gasteiger partial charge in [-0.15, -0.1) is 11.3 Å². The van der Waals surface area contributed by atoms with Gasteiger partial charge in [-0.25, -0.2) is 4.98 Å². The maximum Gasteiger partial charge on any atom is 0.0971 e. The van der Waals surface area contributed by atoms with Gasteiger partial charge in [0.05, 0.1) is 5.01 Å². The number of nitrogens with one attached hydrogen (secondary N) is 1. The highest BCUT2D eigenvalue weighted by Crippen LogP contribution is 2.29. The van der Waals surface area contributed by atoms with E-state index in [2.05, 4.69) is 22.6 Å². The van der Waals surface area contributed by atoms with Gasteiger partial charge in [-0.2, -0.15) is 0 Å². The van der Waals surface area contributed by atoms with Crippen LogP contribution in [0.1, 0.15) is 24.3 Å². The minimum absolute atomic E-state index is 0.652. The molecule has 0 saturated carbocycles. The SMILES string of the molecule is CC1CCNCC1c1nccs1. The van der Waals surface area contributed by atoms with Crippen LogP contribution in [0.5, 0.6) is 0 Å². The first-order chi connectivity index (χ1) is 5.88. The molecule has 1 fully saturated rings. The van der Waals surface area contributed by atoms with Gasteiger partial charge in [0.1, 0.15) is 0 Å². The van der Waals surface area contributed by atoms with E-state index in [9.17, 15) is 0 Å². The lowest BCUT2D eigenvalue weighted by Gasteiger charge is -2.27. The summed E-state index contributed by atoms with van der Waals surface area (Å²) in [4.78, 5) is 4.37. The third kappa shape index (κ3) is 1.52. The molecule has 2 rings (SSSR count). The van der Waals surface area contributed by atoms with E-state index in [4.69, 9.17) is 0 Å². The van der Waals surface area contributed by atoms with Crippen molar-refractivity contribution in [3.05, 3.63) is 16.6 Å². The standard InChI is InChI=1S/C9H14N2S/c1-7-2-3-10-6-8(7)9-11-4-5-12-9/h4-5,7-8,10H,2-3,6H2,1H3. The summed E-state index contributed by atoms with van der Waals surface area (Å²) in [5, 5.41) is 6.79. The average Bonchev–Trinajstić information content (AvgIpc) is 2.57. The molecule has 0 aromatic carbocycles. The molecule has 1 aliphatic rings. The molecule has 1 N–H and O–H groups in total. The van der Waals surface area contributed by atoms with E-state index in [1.807, 2.05) is 6.20 Å². The van der Waals surface area contributed by atoms with E-state index in [1.165, 1.54) is 18.0 Å². The molecule has 0 aliphatic carbocycles. The van der Waals surface area contributed by atoms with Crippen LogP contribution in [0.3, 0.4) is 0 Å². The molecular formula is C9H14N2S. The van der Waals surface area contributed by atoms with Crippen LogP contribution in [-0.4, -0.2) is 18.1 Å². The molecular weight excluding hydrogens is 168 g/mol. The van der Waals surface area contributed by atoms with Gasteiger partial charge in [0.15, 0.2) is 0 Å². The first-order valence-electron chi connectivity index (χ1n) is 4.48. The lowest BCUT2D eigenvalue weighted by molar-refractivity contribution is 0.347. The Hall–Kier alpha value is -0.410. The van der Waals surface area contributed by atoms with Gasteiger partial charge in [0.2, 0.25) is 0 Å². The van der Waals surface area contributed by atoms with E-state index in [-0.39, 0.29) is 0 Å². The Labute approximate surface area is 77.0 Å². The molecule has 0 amide bonds. The second kappa shape index (κ2) is 3.54. The van der Waals surface area contributed by atoms with Crippen LogP contribution in [0.2, 0.25) is 0 Å². The summed E-state index contributed by atoms with van der Waals surface area (Å²) >= 11 is 1.78. The summed E-state index contributed by atoms with van der Waals surface area (Å²) in [5.74, 6) is 1.44. The van der Waals surface area contributed by atoms with Gasteiger partial charge < -0.3 is 5.32 Å². The fourth-order valence-electron chi connectivity index (χ4n) is 1.74. The Bertz CT molecular complexity index is 233. The predicted octanol–water partition coefficient (Wildman–Crippen LogP) is 1.86. The van der Waals surface area contributed by atoms with Gasteiger partial charge in [-0.3, -0.25) is 0 Å². The van der Waals surface area contributed by atoms with Gasteiger partial charge in [-0.05, 0) is 18.9 Å². The number of rotatable bonds is 1. The first-order valence-corrected chi connectivity index (χ1v) is 5.36. The van der Waals surface area contributed by atoms with Crippen LogP contribution in [-0.2, 0) is 0 Å². The van der Waals surface area contributed by atoms with E-state index in [0.29, 0.717) is 5.92 Å². The molecule has 0 radical (unpaired) electrons. The van der Waals surface area contributed by atoms with Gasteiger partial charge in [0, 0.05) is 24.0 Å². The quantitative estimate of drug-likeness (QED) is 0.717. The molecule has 66 valence electrons. The van der Waals surface area contributed by atoms with Crippen molar-refractivity contribution in [3.8, 4) is 0 Å². The Morgan fingerprint density at radius 2 is 2.58 bits per heavy atom. The molecule has 2 atom stereocenters. The van der Waals surface area contributed by atoms with Gasteiger partial charge in [0.25, 0.3) is 0 Å². The molecule has 0 spiro atoms. The van der Waals surface area contributed by atoms with Crippen LogP contribution < -0.4 is 5.32 Å². The number of thiazole rings is 1. The minimum Gasteiger partial charge on any atom is -0.316 e. The van der Waals surface area contributed by atoms with Crippen LogP contribution in [0.25, 0.3) is 0 Å². The normalized spacial score (nSPS) is 30.4. The highest BCUT2D eigenvalue weighted by molar-refractivity contribution is 7.09. The van der Waals surface area contributed by atoms with Gasteiger partial charge >= 0.3 is 0 Å². The summed E-state index contributed by atoms with van der Waals surface area (Å²) in [6.07, 6.45) is 3.19. The maximum absolute atomic E-state index is 4.37. The van der Waals surface area contributed by atoms with Crippen molar-refractivity contribution < 1.29 is 0 Å².